The minimum atomic E-state index is -0.795. The first-order valence-electron chi connectivity index (χ1n) is 12.1. The predicted molar refractivity (Wildman–Crippen MR) is 130 cm³/mol. The maximum atomic E-state index is 12.2. The lowest BCUT2D eigenvalue weighted by Crippen LogP contribution is -2.49. The van der Waals surface area contributed by atoms with E-state index in [1.807, 2.05) is 16.9 Å². The SMILES string of the molecule is N#Cc1c(Nc2cc(NC(=O)C3CC3)nnc2C(N)=O)cccc1-c1cnn(C2CCC23OCCO3)c1. The summed E-state index contributed by atoms with van der Waals surface area (Å²) in [5.74, 6) is -1.40. The van der Waals surface area contributed by atoms with Crippen LogP contribution in [0.25, 0.3) is 11.1 Å². The van der Waals surface area contributed by atoms with Crippen molar-refractivity contribution in [3.05, 3.63) is 47.9 Å². The van der Waals surface area contributed by atoms with Crippen LogP contribution in [0.4, 0.5) is 17.2 Å². The smallest absolute Gasteiger partial charge is 0.271 e. The lowest BCUT2D eigenvalue weighted by atomic mass is 9.85. The molecule has 3 heterocycles. The number of carbonyl (C=O) groups is 2. The third kappa shape index (κ3) is 4.18. The molecule has 37 heavy (non-hydrogen) atoms. The third-order valence-electron chi connectivity index (χ3n) is 6.95. The van der Waals surface area contributed by atoms with Crippen LogP contribution >= 0.6 is 0 Å². The molecule has 2 aliphatic carbocycles. The van der Waals surface area contributed by atoms with Crippen LogP contribution in [0.2, 0.25) is 0 Å². The van der Waals surface area contributed by atoms with E-state index in [0.717, 1.165) is 31.2 Å². The van der Waals surface area contributed by atoms with Crippen LogP contribution in [0.1, 0.15) is 47.8 Å². The molecule has 1 unspecified atom stereocenters. The van der Waals surface area contributed by atoms with Crippen molar-refractivity contribution < 1.29 is 19.1 Å². The predicted octanol–water partition coefficient (Wildman–Crippen LogP) is 2.48. The van der Waals surface area contributed by atoms with E-state index in [1.54, 1.807) is 18.3 Å². The molecule has 6 rings (SSSR count). The van der Waals surface area contributed by atoms with E-state index >= 15 is 0 Å². The van der Waals surface area contributed by atoms with Crippen molar-refractivity contribution in [2.24, 2.45) is 11.7 Å². The molecule has 3 fully saturated rings. The number of carbonyl (C=O) groups excluding carboxylic acids is 2. The number of nitrogens with two attached hydrogens (primary N) is 1. The zero-order chi connectivity index (χ0) is 25.6. The van der Waals surface area contributed by atoms with Crippen LogP contribution in [0, 0.1) is 17.2 Å². The molecule has 2 amide bonds. The fourth-order valence-electron chi connectivity index (χ4n) is 4.76. The maximum absolute atomic E-state index is 12.2. The van der Waals surface area contributed by atoms with Crippen molar-refractivity contribution in [2.75, 3.05) is 23.8 Å². The Morgan fingerprint density at radius 1 is 1.16 bits per heavy atom. The maximum Gasteiger partial charge on any atom is 0.271 e. The highest BCUT2D eigenvalue weighted by Gasteiger charge is 2.53. The Kier molecular flexibility index (Phi) is 5.58. The number of nitriles is 1. The Labute approximate surface area is 211 Å². The molecule has 1 saturated heterocycles. The molecule has 12 heteroatoms. The average Bonchev–Trinajstić information content (AvgIpc) is 3.40. The largest absolute Gasteiger partial charge is 0.364 e. The van der Waals surface area contributed by atoms with Crippen molar-refractivity contribution in [2.45, 2.75) is 37.5 Å². The van der Waals surface area contributed by atoms with E-state index in [9.17, 15) is 14.9 Å². The number of hydrogen-bond acceptors (Lipinski definition) is 9. The Morgan fingerprint density at radius 3 is 2.65 bits per heavy atom. The number of ether oxygens (including phenoxy) is 2. The molecule has 0 radical (unpaired) electrons. The van der Waals surface area contributed by atoms with Gasteiger partial charge in [-0.1, -0.05) is 12.1 Å². The highest BCUT2D eigenvalue weighted by molar-refractivity contribution is 5.99. The van der Waals surface area contributed by atoms with Gasteiger partial charge >= 0.3 is 0 Å². The summed E-state index contributed by atoms with van der Waals surface area (Å²) in [6, 6.07) is 9.03. The number of primary amides is 1. The molecule has 12 nitrogen and oxygen atoms in total. The Morgan fingerprint density at radius 2 is 1.97 bits per heavy atom. The van der Waals surface area contributed by atoms with Crippen LogP contribution in [-0.4, -0.2) is 50.8 Å². The first-order valence-corrected chi connectivity index (χ1v) is 12.1. The van der Waals surface area contributed by atoms with Gasteiger partial charge in [0.05, 0.1) is 36.3 Å². The van der Waals surface area contributed by atoms with Gasteiger partial charge in [0.25, 0.3) is 5.91 Å². The third-order valence-corrected chi connectivity index (χ3v) is 6.95. The van der Waals surface area contributed by atoms with Crippen LogP contribution in [0.5, 0.6) is 0 Å². The highest BCUT2D eigenvalue weighted by atomic mass is 16.7. The van der Waals surface area contributed by atoms with Crippen molar-refractivity contribution >= 4 is 29.0 Å². The summed E-state index contributed by atoms with van der Waals surface area (Å²) in [6.07, 6.45) is 6.96. The molecule has 1 atom stereocenters. The standard InChI is InChI=1S/C25H24N8O4/c26-11-17-16(15-12-28-33(13-15)20-6-7-25(20)36-8-9-37-25)2-1-3-18(17)29-19-10-21(30-24(35)14-4-5-14)31-32-22(19)23(27)34/h1-3,10,12-14,20H,4-9H2,(H2,27,34)(H2,29,30,31,35). The normalized spacial score (nSPS) is 19.7. The number of amides is 2. The number of nitrogens with one attached hydrogen (secondary N) is 2. The quantitative estimate of drug-likeness (QED) is 0.441. The number of hydrogen-bond donors (Lipinski definition) is 3. The molecule has 4 N–H and O–H groups in total. The first kappa shape index (κ1) is 23.1. The van der Waals surface area contributed by atoms with Gasteiger partial charge in [-0.3, -0.25) is 14.3 Å². The van der Waals surface area contributed by atoms with Gasteiger partial charge < -0.3 is 25.8 Å². The Bertz CT molecular complexity index is 1430. The van der Waals surface area contributed by atoms with E-state index in [1.165, 1.54) is 6.07 Å². The minimum Gasteiger partial charge on any atom is -0.364 e. The van der Waals surface area contributed by atoms with Gasteiger partial charge in [0.15, 0.2) is 17.3 Å². The van der Waals surface area contributed by atoms with Crippen LogP contribution < -0.4 is 16.4 Å². The molecular formula is C25H24N8O4. The summed E-state index contributed by atoms with van der Waals surface area (Å²) in [5, 5.41) is 28.2. The van der Waals surface area contributed by atoms with Gasteiger partial charge in [-0.15, -0.1) is 10.2 Å². The highest BCUT2D eigenvalue weighted by Crippen LogP contribution is 2.48. The molecule has 2 saturated carbocycles. The van der Waals surface area contributed by atoms with Gasteiger partial charge in [0, 0.05) is 35.7 Å². The summed E-state index contributed by atoms with van der Waals surface area (Å²) in [7, 11) is 0. The summed E-state index contributed by atoms with van der Waals surface area (Å²) in [6.45, 7) is 1.14. The molecule has 188 valence electrons. The summed E-state index contributed by atoms with van der Waals surface area (Å²) >= 11 is 0. The van der Waals surface area contributed by atoms with E-state index in [0.29, 0.717) is 30.0 Å². The number of benzene rings is 1. The number of anilines is 3. The lowest BCUT2D eigenvalue weighted by molar-refractivity contribution is -0.242. The fourth-order valence-corrected chi connectivity index (χ4v) is 4.76. The van der Waals surface area contributed by atoms with Gasteiger partial charge in [0.1, 0.15) is 12.1 Å². The fraction of sp³-hybridized carbons (Fsp3) is 0.360. The monoisotopic (exact) mass is 500 g/mol. The molecule has 0 bridgehead atoms. The first-order chi connectivity index (χ1) is 18.0. The number of aromatic nitrogens is 4. The van der Waals surface area contributed by atoms with Crippen molar-refractivity contribution in [1.82, 2.24) is 20.0 Å². The van der Waals surface area contributed by atoms with Gasteiger partial charge in [-0.05, 0) is 25.3 Å². The number of rotatable bonds is 7. The molecule has 1 aliphatic heterocycles. The van der Waals surface area contributed by atoms with E-state index in [2.05, 4.69) is 32.0 Å². The average molecular weight is 501 g/mol. The number of nitrogens with zero attached hydrogens (tertiary/aromatic N) is 5. The molecular weight excluding hydrogens is 476 g/mol. The van der Waals surface area contributed by atoms with Crippen molar-refractivity contribution in [1.29, 1.82) is 5.26 Å². The second-order valence-electron chi connectivity index (χ2n) is 9.36. The van der Waals surface area contributed by atoms with Gasteiger partial charge in [-0.25, -0.2) is 0 Å². The topological polar surface area (TPSA) is 170 Å². The van der Waals surface area contributed by atoms with E-state index in [-0.39, 0.29) is 35.1 Å². The zero-order valence-corrected chi connectivity index (χ0v) is 19.8. The second kappa shape index (κ2) is 8.95. The van der Waals surface area contributed by atoms with Crippen molar-refractivity contribution in [3.8, 4) is 17.2 Å². The van der Waals surface area contributed by atoms with Crippen LogP contribution in [0.3, 0.4) is 0 Å². The lowest BCUT2D eigenvalue weighted by Gasteiger charge is -2.44. The summed E-state index contributed by atoms with van der Waals surface area (Å²) < 4.78 is 13.5. The second-order valence-corrected chi connectivity index (χ2v) is 9.36. The minimum absolute atomic E-state index is 0.0270. The zero-order valence-electron chi connectivity index (χ0n) is 19.8. The Hall–Kier alpha value is -4.34. The van der Waals surface area contributed by atoms with Gasteiger partial charge in [-0.2, -0.15) is 10.4 Å². The molecule has 3 aromatic rings. The molecule has 2 aromatic heterocycles. The van der Waals surface area contributed by atoms with Gasteiger partial charge in [0.2, 0.25) is 5.91 Å². The summed E-state index contributed by atoms with van der Waals surface area (Å²) in [4.78, 5) is 24.2. The van der Waals surface area contributed by atoms with Crippen LogP contribution in [0.15, 0.2) is 36.7 Å². The molecule has 1 spiro atoms. The van der Waals surface area contributed by atoms with E-state index in [4.69, 9.17) is 15.2 Å². The molecule has 1 aromatic carbocycles. The Balaban J connectivity index is 1.30. The van der Waals surface area contributed by atoms with Crippen LogP contribution in [-0.2, 0) is 14.3 Å². The van der Waals surface area contributed by atoms with Crippen molar-refractivity contribution in [3.63, 3.8) is 0 Å². The van der Waals surface area contributed by atoms with E-state index < -0.39 is 11.7 Å². The summed E-state index contributed by atoms with van der Waals surface area (Å²) in [5.41, 5.74) is 7.80. The molecule has 3 aliphatic rings.